The maximum absolute atomic E-state index is 11.8. The van der Waals surface area contributed by atoms with Crippen LogP contribution in [-0.2, 0) is 10.0 Å². The first-order valence-corrected chi connectivity index (χ1v) is 8.44. The van der Waals surface area contributed by atoms with E-state index in [1.165, 1.54) is 13.1 Å². The van der Waals surface area contributed by atoms with E-state index in [-0.39, 0.29) is 11.3 Å². The lowest BCUT2D eigenvalue weighted by Gasteiger charge is -2.20. The fourth-order valence-corrected chi connectivity index (χ4v) is 2.72. The zero-order chi connectivity index (χ0) is 16.5. The number of carbonyl (C=O) groups is 1. The van der Waals surface area contributed by atoms with Crippen molar-refractivity contribution >= 4 is 21.7 Å². The number of nitrogens with zero attached hydrogens (tertiary/aromatic N) is 1. The number of aromatic carboxylic acids is 1. The van der Waals surface area contributed by atoms with Gasteiger partial charge in [0.2, 0.25) is 10.0 Å². The molecule has 2 rings (SSSR count). The Kier molecular flexibility index (Phi) is 4.23. The van der Waals surface area contributed by atoms with E-state index >= 15 is 0 Å². The molecule has 0 saturated carbocycles. The average molecular weight is 319 g/mol. The highest BCUT2D eigenvalue weighted by Crippen LogP contribution is 2.30. The number of sulfonamides is 1. The van der Waals surface area contributed by atoms with Crippen molar-refractivity contribution in [3.63, 3.8) is 0 Å². The van der Waals surface area contributed by atoms with Crippen LogP contribution >= 0.6 is 0 Å². The van der Waals surface area contributed by atoms with E-state index in [2.05, 4.69) is 0 Å². The highest BCUT2D eigenvalue weighted by Gasteiger charge is 2.20. The van der Waals surface area contributed by atoms with Gasteiger partial charge in [-0.05, 0) is 35.7 Å². The minimum Gasteiger partial charge on any atom is -0.478 e. The molecule has 6 heteroatoms. The second-order valence-electron chi connectivity index (χ2n) is 5.08. The van der Waals surface area contributed by atoms with Gasteiger partial charge in [-0.1, -0.05) is 30.3 Å². The molecule has 0 aliphatic carbocycles. The van der Waals surface area contributed by atoms with Crippen LogP contribution in [0.4, 0.5) is 5.69 Å². The van der Waals surface area contributed by atoms with Gasteiger partial charge in [-0.15, -0.1) is 0 Å². The molecule has 2 aromatic rings. The lowest BCUT2D eigenvalue weighted by atomic mass is 9.98. The topological polar surface area (TPSA) is 74.7 Å². The molecule has 116 valence electrons. The number of aryl methyl sites for hydroxylation is 1. The van der Waals surface area contributed by atoms with E-state index < -0.39 is 16.0 Å². The monoisotopic (exact) mass is 319 g/mol. The second kappa shape index (κ2) is 5.81. The Morgan fingerprint density at radius 3 is 2.32 bits per heavy atom. The molecule has 22 heavy (non-hydrogen) atoms. The Labute approximate surface area is 129 Å². The van der Waals surface area contributed by atoms with Gasteiger partial charge in [0.05, 0.1) is 17.5 Å². The lowest BCUT2D eigenvalue weighted by molar-refractivity contribution is 0.0698. The van der Waals surface area contributed by atoms with E-state index in [0.29, 0.717) is 0 Å². The summed E-state index contributed by atoms with van der Waals surface area (Å²) in [4.78, 5) is 11.3. The zero-order valence-electron chi connectivity index (χ0n) is 12.6. The second-order valence-corrected chi connectivity index (χ2v) is 7.10. The molecule has 0 unspecified atom stereocenters. The van der Waals surface area contributed by atoms with Crippen molar-refractivity contribution in [2.75, 3.05) is 17.6 Å². The first-order chi connectivity index (χ1) is 10.2. The fraction of sp³-hybridized carbons (Fsp3) is 0.188. The fourth-order valence-electron chi connectivity index (χ4n) is 2.22. The van der Waals surface area contributed by atoms with Gasteiger partial charge >= 0.3 is 5.97 Å². The van der Waals surface area contributed by atoms with Gasteiger partial charge in [-0.2, -0.15) is 0 Å². The van der Waals surface area contributed by atoms with E-state index in [4.69, 9.17) is 0 Å². The first kappa shape index (κ1) is 16.0. The molecule has 5 nitrogen and oxygen atoms in total. The standard InChI is InChI=1S/C16H17NO4S/c1-11-6-4-5-7-13(11)12-8-9-14(16(18)19)15(10-12)17(2)22(3,20)21/h4-10H,1-3H3,(H,18,19). The molecule has 2 aromatic carbocycles. The normalized spacial score (nSPS) is 11.2. The largest absolute Gasteiger partial charge is 0.478 e. The summed E-state index contributed by atoms with van der Waals surface area (Å²) in [6.45, 7) is 1.94. The SMILES string of the molecule is Cc1ccccc1-c1ccc(C(=O)O)c(N(C)S(C)(=O)=O)c1. The Balaban J connectivity index is 2.68. The van der Waals surface area contributed by atoms with Crippen molar-refractivity contribution in [1.29, 1.82) is 0 Å². The van der Waals surface area contributed by atoms with Crippen LogP contribution < -0.4 is 4.31 Å². The summed E-state index contributed by atoms with van der Waals surface area (Å²) in [5.41, 5.74) is 2.83. The maximum atomic E-state index is 11.8. The Morgan fingerprint density at radius 2 is 1.77 bits per heavy atom. The lowest BCUT2D eigenvalue weighted by Crippen LogP contribution is -2.26. The predicted molar refractivity (Wildman–Crippen MR) is 86.8 cm³/mol. The third-order valence-corrected chi connectivity index (χ3v) is 4.71. The number of anilines is 1. The highest BCUT2D eigenvalue weighted by molar-refractivity contribution is 7.92. The minimum atomic E-state index is -3.55. The maximum Gasteiger partial charge on any atom is 0.337 e. The number of benzene rings is 2. The molecule has 0 fully saturated rings. The summed E-state index contributed by atoms with van der Waals surface area (Å²) in [6.07, 6.45) is 1.04. The van der Waals surface area contributed by atoms with Crippen molar-refractivity contribution in [2.24, 2.45) is 0 Å². The third kappa shape index (κ3) is 3.12. The van der Waals surface area contributed by atoms with Gasteiger partial charge in [-0.3, -0.25) is 4.31 Å². The third-order valence-electron chi connectivity index (χ3n) is 3.52. The van der Waals surface area contributed by atoms with Crippen LogP contribution in [0.25, 0.3) is 11.1 Å². The van der Waals surface area contributed by atoms with Gasteiger partial charge in [0.15, 0.2) is 0 Å². The molecular formula is C16H17NO4S. The molecule has 0 heterocycles. The van der Waals surface area contributed by atoms with Crippen LogP contribution in [0.15, 0.2) is 42.5 Å². The van der Waals surface area contributed by atoms with E-state index in [1.807, 2.05) is 31.2 Å². The Hall–Kier alpha value is -2.34. The minimum absolute atomic E-state index is 0.0507. The number of hydrogen-bond donors (Lipinski definition) is 1. The van der Waals surface area contributed by atoms with Gasteiger partial charge in [-0.25, -0.2) is 13.2 Å². The number of carboxylic acids is 1. The highest BCUT2D eigenvalue weighted by atomic mass is 32.2. The first-order valence-electron chi connectivity index (χ1n) is 6.59. The molecular weight excluding hydrogens is 302 g/mol. The molecule has 0 aliphatic rings. The molecule has 1 N–H and O–H groups in total. The summed E-state index contributed by atoms with van der Waals surface area (Å²) in [5, 5.41) is 9.27. The van der Waals surface area contributed by atoms with Gasteiger partial charge in [0.1, 0.15) is 0 Å². The van der Waals surface area contributed by atoms with Crippen LogP contribution in [0.1, 0.15) is 15.9 Å². The molecule has 0 aromatic heterocycles. The Morgan fingerprint density at radius 1 is 1.14 bits per heavy atom. The predicted octanol–water partition coefficient (Wildman–Crippen LogP) is 2.76. The molecule has 0 spiro atoms. The van der Waals surface area contributed by atoms with Gasteiger partial charge in [0, 0.05) is 7.05 Å². The summed E-state index contributed by atoms with van der Waals surface area (Å²) in [6, 6.07) is 12.4. The summed E-state index contributed by atoms with van der Waals surface area (Å²) >= 11 is 0. The van der Waals surface area contributed by atoms with Crippen molar-refractivity contribution < 1.29 is 18.3 Å². The summed E-state index contributed by atoms with van der Waals surface area (Å²) < 4.78 is 24.5. The van der Waals surface area contributed by atoms with Crippen molar-refractivity contribution in [3.8, 4) is 11.1 Å². The van der Waals surface area contributed by atoms with E-state index in [1.54, 1.807) is 12.1 Å². The summed E-state index contributed by atoms with van der Waals surface area (Å²) in [7, 11) is -2.20. The van der Waals surface area contributed by atoms with Crippen LogP contribution in [0.5, 0.6) is 0 Å². The molecule has 0 amide bonds. The quantitative estimate of drug-likeness (QED) is 0.940. The number of hydrogen-bond acceptors (Lipinski definition) is 3. The van der Waals surface area contributed by atoms with Gasteiger partial charge in [0.25, 0.3) is 0 Å². The van der Waals surface area contributed by atoms with Crippen molar-refractivity contribution in [1.82, 2.24) is 0 Å². The van der Waals surface area contributed by atoms with E-state index in [0.717, 1.165) is 27.3 Å². The molecule has 0 aliphatic heterocycles. The molecule has 0 bridgehead atoms. The molecule has 0 saturated heterocycles. The summed E-state index contributed by atoms with van der Waals surface area (Å²) in [5.74, 6) is -1.16. The molecule has 0 atom stereocenters. The van der Waals surface area contributed by atoms with Crippen molar-refractivity contribution in [2.45, 2.75) is 6.92 Å². The smallest absolute Gasteiger partial charge is 0.337 e. The molecule has 0 radical (unpaired) electrons. The van der Waals surface area contributed by atoms with Crippen LogP contribution in [-0.4, -0.2) is 32.8 Å². The number of rotatable bonds is 4. The van der Waals surface area contributed by atoms with Crippen LogP contribution in [0, 0.1) is 6.92 Å². The number of carboxylic acid groups (broad SMARTS) is 1. The Bertz CT molecular complexity index is 828. The van der Waals surface area contributed by atoms with Gasteiger partial charge < -0.3 is 5.11 Å². The van der Waals surface area contributed by atoms with E-state index in [9.17, 15) is 18.3 Å². The van der Waals surface area contributed by atoms with Crippen molar-refractivity contribution in [3.05, 3.63) is 53.6 Å². The average Bonchev–Trinajstić information content (AvgIpc) is 2.45. The zero-order valence-corrected chi connectivity index (χ0v) is 13.4. The van der Waals surface area contributed by atoms with Crippen LogP contribution in [0.3, 0.4) is 0 Å². The van der Waals surface area contributed by atoms with Crippen LogP contribution in [0.2, 0.25) is 0 Å².